The summed E-state index contributed by atoms with van der Waals surface area (Å²) < 4.78 is 45.0. The Morgan fingerprint density at radius 3 is 1.32 bits per heavy atom. The molecule has 0 bridgehead atoms. The van der Waals surface area contributed by atoms with E-state index in [9.17, 15) is 4.79 Å². The average Bonchev–Trinajstić information content (AvgIpc) is 2.68. The molecule has 0 aromatic carbocycles. The van der Waals surface area contributed by atoms with Gasteiger partial charge in [0.2, 0.25) is 0 Å². The predicted octanol–water partition coefficient (Wildman–Crippen LogP) is 3.83. The first-order valence-electron chi connectivity index (χ1n) is 7.86. The Morgan fingerprint density at radius 1 is 0.806 bits per heavy atom. The van der Waals surface area contributed by atoms with Gasteiger partial charge in [-0.25, -0.2) is 0 Å². The molecule has 0 spiro atoms. The Bertz CT molecular complexity index is 502. The van der Waals surface area contributed by atoms with Gasteiger partial charge in [0.15, 0.2) is 0 Å². The molecule has 2 atom stereocenters. The third-order valence-electron chi connectivity index (χ3n) is 3.03. The van der Waals surface area contributed by atoms with Crippen LogP contribution < -0.4 is 0 Å². The molecule has 10 heteroatoms. The fourth-order valence-corrected chi connectivity index (χ4v) is 2.64. The molecule has 31 heavy (non-hydrogen) atoms. The smallest absolute Gasteiger partial charge is 0 e. The number of rotatable bonds is 4. The van der Waals surface area contributed by atoms with Crippen LogP contribution >= 0.6 is 0 Å². The van der Waals surface area contributed by atoms with Crippen LogP contribution in [0.5, 0.6) is 0 Å². The first kappa shape index (κ1) is 52.2. The molecular weight excluding hydrogens is 510 g/mol. The topological polar surface area (TPSA) is 136 Å². The summed E-state index contributed by atoms with van der Waals surface area (Å²) in [4.78, 5) is 12.1. The van der Waals surface area contributed by atoms with Crippen LogP contribution in [0.15, 0.2) is 0 Å². The minimum Gasteiger partial charge on any atom is 0 e. The molecule has 1 fully saturated rings. The maximum absolute atomic E-state index is 12.1. The van der Waals surface area contributed by atoms with Gasteiger partial charge in [0.1, 0.15) is 5.78 Å². The fraction of sp³-hybridized carbons (Fsp3) is 0.571. The maximum atomic E-state index is 12.1. The van der Waals surface area contributed by atoms with Gasteiger partial charge in [-0.2, -0.15) is 0 Å². The fourth-order valence-electron chi connectivity index (χ4n) is 2.02. The molecule has 0 amide bonds. The molecular formula is C21H26Co2O7Si. The van der Waals surface area contributed by atoms with E-state index in [4.69, 9.17) is 27.9 Å². The van der Waals surface area contributed by atoms with Gasteiger partial charge in [-0.1, -0.05) is 46.1 Å². The van der Waals surface area contributed by atoms with E-state index in [-0.39, 0.29) is 44.9 Å². The van der Waals surface area contributed by atoms with E-state index in [2.05, 4.69) is 92.1 Å². The summed E-state index contributed by atoms with van der Waals surface area (Å²) in [5.41, 5.74) is 3.52. The van der Waals surface area contributed by atoms with Gasteiger partial charge in [0, 0.05) is 45.9 Å². The predicted molar refractivity (Wildman–Crippen MR) is 98.7 cm³/mol. The van der Waals surface area contributed by atoms with Crippen LogP contribution in [0.25, 0.3) is 0 Å². The summed E-state index contributed by atoms with van der Waals surface area (Å²) in [7, 11) is -1.29. The van der Waals surface area contributed by atoms with E-state index in [0.29, 0.717) is 18.1 Å². The van der Waals surface area contributed by atoms with Crippen molar-refractivity contribution in [2.75, 3.05) is 0 Å². The second kappa shape index (κ2) is 36.5. The Hall–Kier alpha value is -0.920. The zero-order valence-corrected chi connectivity index (χ0v) is 21.4. The number of ketones is 1. The summed E-state index contributed by atoms with van der Waals surface area (Å²) in [5.74, 6) is 1.02. The number of Topliss-reactive ketones (excluding diaryl/α,β-unsaturated/α-hetero) is 1. The van der Waals surface area contributed by atoms with Gasteiger partial charge in [0.05, 0.1) is 8.07 Å². The van der Waals surface area contributed by atoms with Gasteiger partial charge >= 0.3 is 67.8 Å². The van der Waals surface area contributed by atoms with Crippen molar-refractivity contribution >= 4 is 13.9 Å². The second-order valence-corrected chi connectivity index (χ2v) is 12.3. The summed E-state index contributed by atoms with van der Waals surface area (Å²) in [5, 5.41) is 0. The molecule has 0 aliphatic heterocycles. The van der Waals surface area contributed by atoms with Crippen molar-refractivity contribution in [2.45, 2.75) is 59.7 Å². The van der Waals surface area contributed by atoms with Crippen LogP contribution in [0, 0.1) is 68.9 Å². The summed E-state index contributed by atoms with van der Waals surface area (Å²) in [6.07, 6.45) is 6.24. The Kier molecular flexibility index (Phi) is 61.4. The molecule has 7 nitrogen and oxygen atoms in total. The quantitative estimate of drug-likeness (QED) is 0.301. The van der Waals surface area contributed by atoms with Crippen molar-refractivity contribution in [1.82, 2.24) is 0 Å². The molecule has 0 saturated heterocycles. The molecule has 0 heterocycles. The van der Waals surface area contributed by atoms with Crippen molar-refractivity contribution in [3.05, 3.63) is 51.7 Å². The largest absolute Gasteiger partial charge is 0 e. The zero-order chi connectivity index (χ0) is 25.3. The van der Waals surface area contributed by atoms with Gasteiger partial charge in [-0.15, -0.1) is 0 Å². The van der Waals surface area contributed by atoms with Crippen LogP contribution in [-0.4, -0.2) is 13.9 Å². The standard InChI is InChI=1S/C15H26OSi.6CO.2Co/c1-15(2,3)11-14(16)13-8-7-12(13)9-10-17(4,5)6;6*1-2;;/h12-13H,7-8,11H2,1-6H3;;;;;;;;/t12-,13+;;;;;;;;/m1......../s1. The Balaban J connectivity index is -0.0000000545. The van der Waals surface area contributed by atoms with Crippen molar-refractivity contribution in [3.63, 3.8) is 0 Å². The second-order valence-electron chi connectivity index (χ2n) is 7.51. The van der Waals surface area contributed by atoms with Crippen molar-refractivity contribution in [3.8, 4) is 0 Å². The molecule has 1 aliphatic rings. The normalized spacial score (nSPS) is 14.6. The van der Waals surface area contributed by atoms with E-state index in [1.165, 1.54) is 0 Å². The van der Waals surface area contributed by atoms with Crippen LogP contribution in [0.1, 0.15) is 40.0 Å². The summed E-state index contributed by atoms with van der Waals surface area (Å²) >= 11 is 0. The van der Waals surface area contributed by atoms with Crippen molar-refractivity contribution in [2.24, 2.45) is 17.3 Å². The first-order chi connectivity index (χ1) is 13.6. The number of carbonyl (C=O) groups excluding carboxylic acids is 1. The number of carbonyl (C=O) groups is 1. The van der Waals surface area contributed by atoms with Gasteiger partial charge in [-0.3, -0.25) is 4.79 Å². The number of allylic oxidation sites excluding steroid dienone is 1. The molecule has 174 valence electrons. The van der Waals surface area contributed by atoms with E-state index in [0.717, 1.165) is 12.8 Å². The summed E-state index contributed by atoms with van der Waals surface area (Å²) in [6, 6.07) is 0. The minimum absolute atomic E-state index is 0. The summed E-state index contributed by atoms with van der Waals surface area (Å²) in [6.45, 7) is 40.2. The Labute approximate surface area is 208 Å². The van der Waals surface area contributed by atoms with Gasteiger partial charge < -0.3 is 0 Å². The van der Waals surface area contributed by atoms with Crippen molar-refractivity contribution < 1.29 is 66.3 Å². The molecule has 0 aromatic rings. The third-order valence-corrected chi connectivity index (χ3v) is 3.92. The molecule has 0 unspecified atom stereocenters. The average molecular weight is 536 g/mol. The van der Waals surface area contributed by atoms with E-state index < -0.39 is 8.07 Å². The third kappa shape index (κ3) is 40.0. The van der Waals surface area contributed by atoms with E-state index in [1.54, 1.807) is 0 Å². The number of hydrogen-bond acceptors (Lipinski definition) is 1. The van der Waals surface area contributed by atoms with Crippen LogP contribution in [-0.2, 0) is 66.3 Å². The molecule has 1 rings (SSSR count). The molecule has 0 aromatic heterocycles. The first-order valence-corrected chi connectivity index (χ1v) is 11.4. The molecule has 1 saturated carbocycles. The molecule has 0 N–H and O–H groups in total. The molecule has 1 aliphatic carbocycles. The maximum Gasteiger partial charge on any atom is 0 e. The SMILES string of the molecule is CC(C)(C)CC(=O)[C@H]1CC[C@@H]1[C]=[C][Si](C)(C)C.[C-]#[O+].[C-]#[O+].[C-]#[O+].[C-]#[O+].[C-]#[O+].[C-]#[O+].[Co].[Co]. The monoisotopic (exact) mass is 536 g/mol. The van der Waals surface area contributed by atoms with Crippen LogP contribution in [0.4, 0.5) is 0 Å². The number of hydrogen-bond donors (Lipinski definition) is 0. The van der Waals surface area contributed by atoms with Gasteiger partial charge in [-0.05, 0) is 30.3 Å². The molecule has 4 radical (unpaired) electrons. The van der Waals surface area contributed by atoms with Crippen molar-refractivity contribution in [1.29, 1.82) is 0 Å². The van der Waals surface area contributed by atoms with E-state index >= 15 is 0 Å². The minimum atomic E-state index is -1.29. The van der Waals surface area contributed by atoms with Crippen LogP contribution in [0.3, 0.4) is 0 Å². The zero-order valence-electron chi connectivity index (χ0n) is 18.3. The van der Waals surface area contributed by atoms with Crippen LogP contribution in [0.2, 0.25) is 19.6 Å². The Morgan fingerprint density at radius 2 is 1.13 bits per heavy atom. The van der Waals surface area contributed by atoms with Gasteiger partial charge in [0.25, 0.3) is 0 Å². The van der Waals surface area contributed by atoms with E-state index in [1.807, 2.05) is 0 Å².